The minimum absolute atomic E-state index is 0.112. The SMILES string of the molecule is CCCCCc1cc(OC(=O)O[C@H]2C=C[C@H]3[C@H]4Cc5ccc(OC)c6c5[C@@]3(CCN4C)[C@H]2O6)c2c(c1)OC(C)(C)[C@@H]1CCC(C)=C[C@@H]21. The molecule has 7 nitrogen and oxygen atoms in total. The highest BCUT2D eigenvalue weighted by atomic mass is 16.7. The predicted octanol–water partition coefficient (Wildman–Crippen LogP) is 8.07. The molecule has 250 valence electrons. The van der Waals surface area contributed by atoms with E-state index in [0.717, 1.165) is 86.3 Å². The van der Waals surface area contributed by atoms with Crippen molar-refractivity contribution < 1.29 is 28.5 Å². The monoisotopic (exact) mass is 639 g/mol. The molecule has 1 fully saturated rings. The maximum absolute atomic E-state index is 13.9. The molecular weight excluding hydrogens is 590 g/mol. The molecular formula is C40H49NO6. The minimum atomic E-state index is -0.702. The van der Waals surface area contributed by atoms with E-state index < -0.39 is 12.3 Å². The Balaban J connectivity index is 1.13. The highest BCUT2D eigenvalue weighted by Gasteiger charge is 2.65. The van der Waals surface area contributed by atoms with Gasteiger partial charge in [0.2, 0.25) is 0 Å². The largest absolute Gasteiger partial charge is 0.514 e. The summed E-state index contributed by atoms with van der Waals surface area (Å²) >= 11 is 0. The molecule has 0 radical (unpaired) electrons. The zero-order valence-electron chi connectivity index (χ0n) is 28.8. The van der Waals surface area contributed by atoms with Crippen LogP contribution in [0.3, 0.4) is 0 Å². The van der Waals surface area contributed by atoms with Gasteiger partial charge in [-0.2, -0.15) is 0 Å². The standard InChI is InChI=1S/C40H49NO6/c1-7-8-9-10-24-20-32(34-26-19-23(2)11-13-27(26)39(3,4)47-33(34)21-24)45-38(42)44-31-16-14-28-29-22-25-12-15-30(43-6)36-35(25)40(28,37(31)46-36)17-18-41(29)5/h12,14-16,19-21,26-29,31,37H,7-11,13,17-18,22H2,1-6H3/t26-,27-,28+,29-,31+,37+,40+/m1/s1. The summed E-state index contributed by atoms with van der Waals surface area (Å²) < 4.78 is 31.9. The number of likely N-dealkylation sites (N-methyl/N-ethyl adjacent to an activating group) is 1. The lowest BCUT2D eigenvalue weighted by Gasteiger charge is -2.56. The summed E-state index contributed by atoms with van der Waals surface area (Å²) in [4.78, 5) is 16.4. The molecule has 0 aromatic heterocycles. The van der Waals surface area contributed by atoms with Crippen LogP contribution in [0.25, 0.3) is 0 Å². The third-order valence-corrected chi connectivity index (χ3v) is 12.3. The average molecular weight is 640 g/mol. The molecule has 2 aromatic carbocycles. The molecule has 0 saturated carbocycles. The molecule has 3 heterocycles. The molecule has 0 N–H and O–H groups in total. The van der Waals surface area contributed by atoms with Crippen LogP contribution in [0.1, 0.15) is 94.4 Å². The van der Waals surface area contributed by atoms with Gasteiger partial charge in [0.15, 0.2) is 17.6 Å². The fourth-order valence-electron chi connectivity index (χ4n) is 10.1. The van der Waals surface area contributed by atoms with Crippen LogP contribution in [-0.2, 0) is 23.0 Å². The van der Waals surface area contributed by atoms with E-state index in [-0.39, 0.29) is 29.0 Å². The Labute approximate surface area is 279 Å². The number of benzene rings is 2. The summed E-state index contributed by atoms with van der Waals surface area (Å²) in [5.41, 5.74) is 5.43. The van der Waals surface area contributed by atoms with E-state index in [1.165, 1.54) is 16.7 Å². The Morgan fingerprint density at radius 1 is 1.13 bits per heavy atom. The maximum Gasteiger partial charge on any atom is 0.514 e. The van der Waals surface area contributed by atoms with Gasteiger partial charge >= 0.3 is 6.16 Å². The van der Waals surface area contributed by atoms with Crippen LogP contribution in [-0.4, -0.2) is 55.6 Å². The third-order valence-electron chi connectivity index (χ3n) is 12.3. The van der Waals surface area contributed by atoms with Gasteiger partial charge < -0.3 is 28.6 Å². The van der Waals surface area contributed by atoms with Gasteiger partial charge in [0.1, 0.15) is 23.2 Å². The second-order valence-electron chi connectivity index (χ2n) is 15.4. The van der Waals surface area contributed by atoms with Gasteiger partial charge in [-0.3, -0.25) is 0 Å². The van der Waals surface area contributed by atoms with Crippen LogP contribution in [0.4, 0.5) is 4.79 Å². The predicted molar refractivity (Wildman–Crippen MR) is 181 cm³/mol. The van der Waals surface area contributed by atoms with E-state index in [2.05, 4.69) is 70.0 Å². The number of rotatable bonds is 7. The van der Waals surface area contributed by atoms with Crippen LogP contribution in [0.15, 0.2) is 48.1 Å². The molecule has 1 spiro atoms. The van der Waals surface area contributed by atoms with Crippen molar-refractivity contribution in [3.05, 3.63) is 70.3 Å². The Hall–Kier alpha value is -3.45. The van der Waals surface area contributed by atoms with Crippen molar-refractivity contribution in [3.8, 4) is 23.0 Å². The molecule has 1 saturated heterocycles. The Morgan fingerprint density at radius 3 is 2.79 bits per heavy atom. The number of carbonyl (C=O) groups is 1. The number of hydrogen-bond acceptors (Lipinski definition) is 7. The summed E-state index contributed by atoms with van der Waals surface area (Å²) in [6, 6.07) is 8.82. The van der Waals surface area contributed by atoms with Crippen LogP contribution >= 0.6 is 0 Å². The average Bonchev–Trinajstić information content (AvgIpc) is 3.38. The zero-order valence-corrected chi connectivity index (χ0v) is 28.8. The van der Waals surface area contributed by atoms with Crippen LogP contribution < -0.4 is 18.9 Å². The van der Waals surface area contributed by atoms with Crippen molar-refractivity contribution >= 4 is 6.16 Å². The lowest BCUT2D eigenvalue weighted by Crippen LogP contribution is -2.65. The van der Waals surface area contributed by atoms with Crippen LogP contribution in [0, 0.1) is 11.8 Å². The summed E-state index contributed by atoms with van der Waals surface area (Å²) in [5.74, 6) is 3.61. The summed E-state index contributed by atoms with van der Waals surface area (Å²) in [5, 5.41) is 0. The van der Waals surface area contributed by atoms with Crippen LogP contribution in [0.2, 0.25) is 0 Å². The van der Waals surface area contributed by atoms with Crippen molar-refractivity contribution in [3.63, 3.8) is 0 Å². The van der Waals surface area contributed by atoms with Gasteiger partial charge in [-0.15, -0.1) is 0 Å². The number of hydrogen-bond donors (Lipinski definition) is 0. The normalized spacial score (nSPS) is 32.2. The van der Waals surface area contributed by atoms with Gasteiger partial charge in [-0.1, -0.05) is 43.6 Å². The number of likely N-dealkylation sites (tertiary alicyclic amines) is 1. The molecule has 47 heavy (non-hydrogen) atoms. The summed E-state index contributed by atoms with van der Waals surface area (Å²) in [6.07, 6.45) is 13.3. The summed E-state index contributed by atoms with van der Waals surface area (Å²) in [7, 11) is 3.92. The van der Waals surface area contributed by atoms with Gasteiger partial charge in [-0.05, 0) is 108 Å². The van der Waals surface area contributed by atoms with E-state index in [9.17, 15) is 4.79 Å². The van der Waals surface area contributed by atoms with Crippen molar-refractivity contribution in [2.45, 2.75) is 114 Å². The van der Waals surface area contributed by atoms with E-state index in [1.54, 1.807) is 7.11 Å². The molecule has 3 aliphatic heterocycles. The molecule has 8 rings (SSSR count). The van der Waals surface area contributed by atoms with E-state index in [1.807, 2.05) is 12.1 Å². The molecule has 0 amide bonds. The minimum Gasteiger partial charge on any atom is -0.493 e. The second kappa shape index (κ2) is 11.3. The van der Waals surface area contributed by atoms with Gasteiger partial charge in [0, 0.05) is 40.3 Å². The number of fused-ring (bicyclic) bond motifs is 3. The molecule has 2 aromatic rings. The van der Waals surface area contributed by atoms with Crippen LogP contribution in [0.5, 0.6) is 23.0 Å². The zero-order chi connectivity index (χ0) is 32.7. The summed E-state index contributed by atoms with van der Waals surface area (Å²) in [6.45, 7) is 9.77. The molecule has 3 aliphatic carbocycles. The first-order valence-electron chi connectivity index (χ1n) is 17.8. The highest BCUT2D eigenvalue weighted by Crippen LogP contribution is 2.63. The molecule has 2 bridgehead atoms. The van der Waals surface area contributed by atoms with Gasteiger partial charge in [0.05, 0.1) is 7.11 Å². The van der Waals surface area contributed by atoms with Crippen molar-refractivity contribution in [2.75, 3.05) is 20.7 Å². The van der Waals surface area contributed by atoms with Crippen molar-refractivity contribution in [1.29, 1.82) is 0 Å². The topological polar surface area (TPSA) is 66.5 Å². The Morgan fingerprint density at radius 2 is 1.98 bits per heavy atom. The maximum atomic E-state index is 13.9. The van der Waals surface area contributed by atoms with Gasteiger partial charge in [0.25, 0.3) is 0 Å². The first kappa shape index (κ1) is 30.9. The number of carbonyl (C=O) groups excluding carboxylic acids is 1. The fraction of sp³-hybridized carbons (Fsp3) is 0.575. The second-order valence-corrected chi connectivity index (χ2v) is 15.4. The van der Waals surface area contributed by atoms with E-state index >= 15 is 0 Å². The third kappa shape index (κ3) is 4.74. The molecule has 0 unspecified atom stereocenters. The highest BCUT2D eigenvalue weighted by molar-refractivity contribution is 5.68. The molecule has 7 atom stereocenters. The lowest BCUT2D eigenvalue weighted by molar-refractivity contribution is -0.0566. The molecule has 6 aliphatic rings. The van der Waals surface area contributed by atoms with E-state index in [0.29, 0.717) is 17.7 Å². The number of allylic oxidation sites excluding steroid dienone is 2. The Kier molecular flexibility index (Phi) is 7.43. The van der Waals surface area contributed by atoms with Crippen molar-refractivity contribution in [1.82, 2.24) is 4.90 Å². The quantitative estimate of drug-likeness (QED) is 0.131. The first-order chi connectivity index (χ1) is 22.6. The lowest BCUT2D eigenvalue weighted by atomic mass is 9.53. The number of ether oxygens (including phenoxy) is 5. The first-order valence-corrected chi connectivity index (χ1v) is 17.8. The molecule has 7 heteroatoms. The number of methoxy groups -OCH3 is 1. The number of aryl methyl sites for hydroxylation is 1. The Bertz CT molecular complexity index is 1660. The smallest absolute Gasteiger partial charge is 0.493 e. The number of piperidine rings is 1. The number of unbranched alkanes of at least 4 members (excludes halogenated alkanes) is 2. The van der Waals surface area contributed by atoms with Gasteiger partial charge in [-0.25, -0.2) is 4.79 Å². The fourth-order valence-corrected chi connectivity index (χ4v) is 10.1. The number of nitrogens with zero attached hydrogens (tertiary/aromatic N) is 1. The van der Waals surface area contributed by atoms with E-state index in [4.69, 9.17) is 23.7 Å². The van der Waals surface area contributed by atoms with Crippen molar-refractivity contribution in [2.24, 2.45) is 11.8 Å².